The Morgan fingerprint density at radius 3 is 2.56 bits per heavy atom. The number of hydrogen-bond donors (Lipinski definition) is 0. The Kier molecular flexibility index (Phi) is 4.51. The van der Waals surface area contributed by atoms with E-state index in [1.807, 2.05) is 4.90 Å². The van der Waals surface area contributed by atoms with Gasteiger partial charge in [0.2, 0.25) is 17.6 Å². The smallest absolute Gasteiger partial charge is 0.230 e. The van der Waals surface area contributed by atoms with Gasteiger partial charge < -0.3 is 9.42 Å². The maximum atomic E-state index is 13.1. The molecule has 1 saturated carbocycles. The molecule has 1 aliphatic carbocycles. The molecule has 2 aromatic rings. The van der Waals surface area contributed by atoms with Crippen LogP contribution in [0.2, 0.25) is 0 Å². The van der Waals surface area contributed by atoms with E-state index in [0.29, 0.717) is 11.7 Å². The molecule has 5 nitrogen and oxygen atoms in total. The van der Waals surface area contributed by atoms with Gasteiger partial charge in [-0.3, -0.25) is 4.79 Å². The summed E-state index contributed by atoms with van der Waals surface area (Å²) in [6.45, 7) is 1.74. The van der Waals surface area contributed by atoms with Crippen LogP contribution in [0.4, 0.5) is 4.39 Å². The van der Waals surface area contributed by atoms with Gasteiger partial charge in [-0.15, -0.1) is 0 Å². The van der Waals surface area contributed by atoms with Crippen molar-refractivity contribution in [3.05, 3.63) is 36.0 Å². The van der Waals surface area contributed by atoms with Crippen LogP contribution >= 0.6 is 0 Å². The van der Waals surface area contributed by atoms with Crippen molar-refractivity contribution in [1.29, 1.82) is 0 Å². The van der Waals surface area contributed by atoms with Gasteiger partial charge in [-0.1, -0.05) is 18.0 Å². The third-order valence-electron chi connectivity index (χ3n) is 5.36. The summed E-state index contributed by atoms with van der Waals surface area (Å²) in [7, 11) is 0. The topological polar surface area (TPSA) is 59.2 Å². The van der Waals surface area contributed by atoms with Crippen molar-refractivity contribution in [2.24, 2.45) is 5.92 Å². The number of carbonyl (C=O) groups is 1. The van der Waals surface area contributed by atoms with Crippen molar-refractivity contribution in [3.63, 3.8) is 0 Å². The van der Waals surface area contributed by atoms with Crippen molar-refractivity contribution < 1.29 is 13.7 Å². The van der Waals surface area contributed by atoms with E-state index in [2.05, 4.69) is 10.1 Å². The van der Waals surface area contributed by atoms with Crippen molar-refractivity contribution in [2.75, 3.05) is 13.1 Å². The fourth-order valence-electron chi connectivity index (χ4n) is 4.00. The number of likely N-dealkylation sites (tertiary alicyclic amines) is 1. The highest BCUT2D eigenvalue weighted by atomic mass is 19.1. The zero-order valence-corrected chi connectivity index (χ0v) is 14.2. The molecule has 2 aliphatic rings. The van der Waals surface area contributed by atoms with Crippen LogP contribution in [0.25, 0.3) is 11.4 Å². The van der Waals surface area contributed by atoms with Gasteiger partial charge in [0.1, 0.15) is 5.82 Å². The van der Waals surface area contributed by atoms with Gasteiger partial charge in [0.05, 0.1) is 5.92 Å². The van der Waals surface area contributed by atoms with E-state index in [0.717, 1.165) is 57.2 Å². The summed E-state index contributed by atoms with van der Waals surface area (Å²) in [6, 6.07) is 6.03. The summed E-state index contributed by atoms with van der Waals surface area (Å²) in [5.41, 5.74) is 0.717. The Labute approximate surface area is 146 Å². The molecule has 2 atom stereocenters. The van der Waals surface area contributed by atoms with E-state index in [4.69, 9.17) is 4.52 Å². The molecule has 4 rings (SSSR count). The quantitative estimate of drug-likeness (QED) is 0.851. The minimum absolute atomic E-state index is 0.0106. The summed E-state index contributed by atoms with van der Waals surface area (Å²) in [4.78, 5) is 19.4. The van der Waals surface area contributed by atoms with Crippen molar-refractivity contribution >= 4 is 5.91 Å². The number of aromatic nitrogens is 2. The zero-order chi connectivity index (χ0) is 17.2. The molecular formula is C19H22FN3O2. The fourth-order valence-corrected chi connectivity index (χ4v) is 4.00. The van der Waals surface area contributed by atoms with Crippen LogP contribution in [0.15, 0.2) is 28.8 Å². The van der Waals surface area contributed by atoms with Gasteiger partial charge in [0.15, 0.2) is 0 Å². The van der Waals surface area contributed by atoms with Crippen LogP contribution in [-0.2, 0) is 4.79 Å². The Morgan fingerprint density at radius 1 is 1.08 bits per heavy atom. The first-order chi connectivity index (χ1) is 12.2. The molecule has 1 aliphatic heterocycles. The van der Waals surface area contributed by atoms with Gasteiger partial charge in [-0.2, -0.15) is 4.98 Å². The minimum atomic E-state index is -0.295. The lowest BCUT2D eigenvalue weighted by atomic mass is 9.78. The van der Waals surface area contributed by atoms with Crippen LogP contribution < -0.4 is 0 Å². The molecule has 132 valence electrons. The van der Waals surface area contributed by atoms with Crippen LogP contribution in [0.3, 0.4) is 0 Å². The Hall–Kier alpha value is -2.24. The number of carbonyl (C=O) groups excluding carboxylic acids is 1. The molecule has 1 aromatic carbocycles. The zero-order valence-electron chi connectivity index (χ0n) is 14.2. The lowest BCUT2D eigenvalue weighted by Crippen LogP contribution is -2.38. The lowest BCUT2D eigenvalue weighted by Gasteiger charge is -2.31. The second kappa shape index (κ2) is 6.94. The molecule has 25 heavy (non-hydrogen) atoms. The largest absolute Gasteiger partial charge is 0.342 e. The van der Waals surface area contributed by atoms with E-state index in [-0.39, 0.29) is 23.6 Å². The molecule has 0 radical (unpaired) electrons. The molecule has 2 heterocycles. The number of amides is 1. The van der Waals surface area contributed by atoms with E-state index < -0.39 is 0 Å². The second-order valence-corrected chi connectivity index (χ2v) is 6.99. The standard InChI is InChI=1S/C19H22FN3O2/c20-14-9-7-13(8-10-14)17-21-18(25-22-17)15-5-1-2-6-16(15)19(24)23-11-3-4-12-23/h7-10,15-16H,1-6,11-12H2. The lowest BCUT2D eigenvalue weighted by molar-refractivity contribution is -0.136. The average molecular weight is 343 g/mol. The fraction of sp³-hybridized carbons (Fsp3) is 0.526. The number of hydrogen-bond acceptors (Lipinski definition) is 4. The highest BCUT2D eigenvalue weighted by Crippen LogP contribution is 2.39. The van der Waals surface area contributed by atoms with Gasteiger partial charge in [-0.05, 0) is 49.9 Å². The highest BCUT2D eigenvalue weighted by molar-refractivity contribution is 5.80. The van der Waals surface area contributed by atoms with Gasteiger partial charge >= 0.3 is 0 Å². The van der Waals surface area contributed by atoms with E-state index in [9.17, 15) is 9.18 Å². The molecular weight excluding hydrogens is 321 g/mol. The summed E-state index contributed by atoms with van der Waals surface area (Å²) in [5, 5.41) is 4.05. The summed E-state index contributed by atoms with van der Waals surface area (Å²) in [6.07, 6.45) is 6.11. The molecule has 2 fully saturated rings. The maximum absolute atomic E-state index is 13.1. The first kappa shape index (κ1) is 16.2. The Morgan fingerprint density at radius 2 is 1.80 bits per heavy atom. The first-order valence-corrected chi connectivity index (χ1v) is 9.11. The monoisotopic (exact) mass is 343 g/mol. The molecule has 2 unspecified atom stereocenters. The minimum Gasteiger partial charge on any atom is -0.342 e. The van der Waals surface area contributed by atoms with E-state index >= 15 is 0 Å². The molecule has 0 bridgehead atoms. The number of benzene rings is 1. The van der Waals surface area contributed by atoms with Crippen molar-refractivity contribution in [2.45, 2.75) is 44.4 Å². The Bertz CT molecular complexity index is 737. The normalized spacial score (nSPS) is 23.8. The van der Waals surface area contributed by atoms with E-state index in [1.165, 1.54) is 12.1 Å². The molecule has 1 amide bonds. The second-order valence-electron chi connectivity index (χ2n) is 6.99. The van der Waals surface area contributed by atoms with Crippen molar-refractivity contribution in [1.82, 2.24) is 15.0 Å². The third kappa shape index (κ3) is 3.30. The van der Waals surface area contributed by atoms with Crippen LogP contribution in [0.1, 0.15) is 50.3 Å². The van der Waals surface area contributed by atoms with Crippen molar-refractivity contribution in [3.8, 4) is 11.4 Å². The summed E-state index contributed by atoms with van der Waals surface area (Å²) >= 11 is 0. The number of rotatable bonds is 3. The Balaban J connectivity index is 1.56. The van der Waals surface area contributed by atoms with Gasteiger partial charge in [0, 0.05) is 24.6 Å². The molecule has 6 heteroatoms. The van der Waals surface area contributed by atoms with Crippen LogP contribution in [0.5, 0.6) is 0 Å². The molecule has 0 spiro atoms. The average Bonchev–Trinajstić information content (AvgIpc) is 3.34. The summed E-state index contributed by atoms with van der Waals surface area (Å²) in [5.74, 6) is 0.862. The number of halogens is 1. The summed E-state index contributed by atoms with van der Waals surface area (Å²) < 4.78 is 18.6. The van der Waals surface area contributed by atoms with Crippen LogP contribution in [0, 0.1) is 11.7 Å². The molecule has 0 N–H and O–H groups in total. The van der Waals surface area contributed by atoms with Gasteiger partial charge in [0.25, 0.3) is 0 Å². The highest BCUT2D eigenvalue weighted by Gasteiger charge is 2.38. The van der Waals surface area contributed by atoms with Gasteiger partial charge in [-0.25, -0.2) is 4.39 Å². The van der Waals surface area contributed by atoms with Crippen LogP contribution in [-0.4, -0.2) is 34.0 Å². The number of nitrogens with zero attached hydrogens (tertiary/aromatic N) is 3. The predicted molar refractivity (Wildman–Crippen MR) is 90.2 cm³/mol. The third-order valence-corrected chi connectivity index (χ3v) is 5.36. The first-order valence-electron chi connectivity index (χ1n) is 9.11. The molecule has 1 aromatic heterocycles. The SMILES string of the molecule is O=C(C1CCCCC1c1nc(-c2ccc(F)cc2)no1)N1CCCC1. The predicted octanol–water partition coefficient (Wildman–Crippen LogP) is 3.77. The maximum Gasteiger partial charge on any atom is 0.230 e. The van der Waals surface area contributed by atoms with E-state index in [1.54, 1.807) is 12.1 Å². The molecule has 1 saturated heterocycles.